The Morgan fingerprint density at radius 1 is 1.15 bits per heavy atom. The highest BCUT2D eigenvalue weighted by molar-refractivity contribution is 5.98. The fraction of sp³-hybridized carbons (Fsp3) is 0.176. The van der Waals surface area contributed by atoms with Crippen molar-refractivity contribution in [3.05, 3.63) is 65.5 Å². The van der Waals surface area contributed by atoms with E-state index in [0.717, 1.165) is 11.9 Å². The molecule has 2 aromatic carbocycles. The third-order valence-corrected chi connectivity index (χ3v) is 3.41. The molecular weight excluding hydrogens is 250 g/mol. The third-order valence-electron chi connectivity index (χ3n) is 3.41. The second-order valence-corrected chi connectivity index (χ2v) is 4.94. The van der Waals surface area contributed by atoms with Gasteiger partial charge in [-0.1, -0.05) is 29.8 Å². The number of aryl methyl sites for hydroxylation is 2. The van der Waals surface area contributed by atoms with Crippen LogP contribution in [0.25, 0.3) is 11.1 Å². The van der Waals surface area contributed by atoms with Gasteiger partial charge in [-0.15, -0.1) is 0 Å². The van der Waals surface area contributed by atoms with Crippen molar-refractivity contribution in [1.82, 2.24) is 4.98 Å². The van der Waals surface area contributed by atoms with Crippen LogP contribution in [-0.2, 0) is 6.42 Å². The van der Waals surface area contributed by atoms with Crippen LogP contribution < -0.4 is 0 Å². The van der Waals surface area contributed by atoms with E-state index in [1.807, 2.05) is 0 Å². The molecule has 0 spiro atoms. The van der Waals surface area contributed by atoms with Gasteiger partial charge in [0.25, 0.3) is 0 Å². The first-order chi connectivity index (χ1) is 9.72. The maximum absolute atomic E-state index is 12.2. The second kappa shape index (κ2) is 5.29. The lowest BCUT2D eigenvalue weighted by Gasteiger charge is -2.02. The molecule has 0 aliphatic carbocycles. The number of hydrogen-bond acceptors (Lipinski definition) is 3. The minimum Gasteiger partial charge on any atom is -0.443 e. The molecule has 0 aliphatic rings. The monoisotopic (exact) mass is 265 g/mol. The first kappa shape index (κ1) is 12.6. The number of benzene rings is 2. The van der Waals surface area contributed by atoms with Crippen LogP contribution in [0.2, 0.25) is 0 Å². The van der Waals surface area contributed by atoms with Gasteiger partial charge in [0.2, 0.25) is 0 Å². The molecule has 3 heteroatoms. The van der Waals surface area contributed by atoms with Crippen LogP contribution in [0.1, 0.15) is 27.9 Å². The Kier molecular flexibility index (Phi) is 3.33. The van der Waals surface area contributed by atoms with E-state index in [4.69, 9.17) is 4.42 Å². The lowest BCUT2D eigenvalue weighted by molar-refractivity contribution is 0.0983. The molecule has 3 rings (SSSR count). The standard InChI is InChI=1S/C17H15NO2/c1-12-2-4-13(5-3-12)6-8-16(19)14-7-9-17-15(10-14)18-11-20-17/h2-5,7,9-11H,6,8H2,1H3. The summed E-state index contributed by atoms with van der Waals surface area (Å²) >= 11 is 0. The molecule has 3 nitrogen and oxygen atoms in total. The topological polar surface area (TPSA) is 43.1 Å². The Hall–Kier alpha value is -2.42. The molecule has 0 N–H and O–H groups in total. The molecule has 0 unspecified atom stereocenters. The van der Waals surface area contributed by atoms with Crippen LogP contribution in [-0.4, -0.2) is 10.8 Å². The summed E-state index contributed by atoms with van der Waals surface area (Å²) in [4.78, 5) is 16.3. The number of rotatable bonds is 4. The molecule has 3 aromatic rings. The summed E-state index contributed by atoms with van der Waals surface area (Å²) in [5.41, 5.74) is 4.55. The Morgan fingerprint density at radius 2 is 1.95 bits per heavy atom. The zero-order valence-corrected chi connectivity index (χ0v) is 11.3. The third kappa shape index (κ3) is 2.62. The number of nitrogens with zero attached hydrogens (tertiary/aromatic N) is 1. The predicted octanol–water partition coefficient (Wildman–Crippen LogP) is 3.95. The fourth-order valence-electron chi connectivity index (χ4n) is 2.19. The molecule has 100 valence electrons. The van der Waals surface area contributed by atoms with Crippen molar-refractivity contribution >= 4 is 16.9 Å². The summed E-state index contributed by atoms with van der Waals surface area (Å²) in [6, 6.07) is 13.7. The minimum atomic E-state index is 0.135. The molecule has 0 atom stereocenters. The highest BCUT2D eigenvalue weighted by Gasteiger charge is 2.08. The number of hydrogen-bond donors (Lipinski definition) is 0. The van der Waals surface area contributed by atoms with Crippen molar-refractivity contribution in [3.63, 3.8) is 0 Å². The van der Waals surface area contributed by atoms with Crippen LogP contribution in [0.3, 0.4) is 0 Å². The molecule has 0 radical (unpaired) electrons. The molecule has 0 saturated carbocycles. The summed E-state index contributed by atoms with van der Waals surface area (Å²) in [7, 11) is 0. The van der Waals surface area contributed by atoms with Crippen molar-refractivity contribution in [2.24, 2.45) is 0 Å². The van der Waals surface area contributed by atoms with Crippen LogP contribution >= 0.6 is 0 Å². The van der Waals surface area contributed by atoms with Crippen molar-refractivity contribution in [3.8, 4) is 0 Å². The van der Waals surface area contributed by atoms with Gasteiger partial charge in [-0.3, -0.25) is 4.79 Å². The highest BCUT2D eigenvalue weighted by atomic mass is 16.3. The molecule has 0 amide bonds. The normalized spacial score (nSPS) is 10.8. The average Bonchev–Trinajstić information content (AvgIpc) is 2.93. The first-order valence-corrected chi connectivity index (χ1v) is 6.64. The van der Waals surface area contributed by atoms with Crippen molar-refractivity contribution < 1.29 is 9.21 Å². The largest absolute Gasteiger partial charge is 0.443 e. The number of carbonyl (C=O) groups is 1. The molecule has 1 aromatic heterocycles. The molecular formula is C17H15NO2. The van der Waals surface area contributed by atoms with E-state index in [2.05, 4.69) is 36.2 Å². The van der Waals surface area contributed by atoms with E-state index in [9.17, 15) is 4.79 Å². The van der Waals surface area contributed by atoms with Gasteiger partial charge in [-0.05, 0) is 37.1 Å². The lowest BCUT2D eigenvalue weighted by Crippen LogP contribution is -2.01. The first-order valence-electron chi connectivity index (χ1n) is 6.64. The number of ketones is 1. The second-order valence-electron chi connectivity index (χ2n) is 4.94. The van der Waals surface area contributed by atoms with Gasteiger partial charge >= 0.3 is 0 Å². The van der Waals surface area contributed by atoms with E-state index in [-0.39, 0.29) is 5.78 Å². The summed E-state index contributed by atoms with van der Waals surface area (Å²) < 4.78 is 5.17. The number of aromatic nitrogens is 1. The number of carbonyl (C=O) groups excluding carboxylic acids is 1. The van der Waals surface area contributed by atoms with Gasteiger partial charge in [0.05, 0.1) is 0 Å². The van der Waals surface area contributed by atoms with Gasteiger partial charge in [-0.2, -0.15) is 0 Å². The van der Waals surface area contributed by atoms with Crippen LogP contribution in [0.4, 0.5) is 0 Å². The van der Waals surface area contributed by atoms with E-state index in [0.29, 0.717) is 17.6 Å². The Balaban J connectivity index is 1.70. The minimum absolute atomic E-state index is 0.135. The highest BCUT2D eigenvalue weighted by Crippen LogP contribution is 2.16. The van der Waals surface area contributed by atoms with Crippen molar-refractivity contribution in [2.75, 3.05) is 0 Å². The van der Waals surface area contributed by atoms with E-state index < -0.39 is 0 Å². The van der Waals surface area contributed by atoms with E-state index in [1.165, 1.54) is 17.5 Å². The van der Waals surface area contributed by atoms with Crippen LogP contribution in [0, 0.1) is 6.92 Å². The maximum atomic E-state index is 12.2. The van der Waals surface area contributed by atoms with Gasteiger partial charge in [0.15, 0.2) is 17.8 Å². The van der Waals surface area contributed by atoms with Crippen LogP contribution in [0.5, 0.6) is 0 Å². The Labute approximate surface area is 117 Å². The maximum Gasteiger partial charge on any atom is 0.181 e. The van der Waals surface area contributed by atoms with Crippen molar-refractivity contribution in [2.45, 2.75) is 19.8 Å². The average molecular weight is 265 g/mol. The molecule has 20 heavy (non-hydrogen) atoms. The van der Waals surface area contributed by atoms with Crippen molar-refractivity contribution in [1.29, 1.82) is 0 Å². The smallest absolute Gasteiger partial charge is 0.181 e. The number of oxazole rings is 1. The molecule has 0 bridgehead atoms. The number of fused-ring (bicyclic) bond motifs is 1. The Bertz CT molecular complexity index is 741. The van der Waals surface area contributed by atoms with E-state index in [1.54, 1.807) is 18.2 Å². The zero-order valence-electron chi connectivity index (χ0n) is 11.3. The van der Waals surface area contributed by atoms with Gasteiger partial charge in [0, 0.05) is 12.0 Å². The summed E-state index contributed by atoms with van der Waals surface area (Å²) in [5, 5.41) is 0. The number of Topliss-reactive ketones (excluding diaryl/α,β-unsaturated/α-hetero) is 1. The molecule has 0 aliphatic heterocycles. The SMILES string of the molecule is Cc1ccc(CCC(=O)c2ccc3ocnc3c2)cc1. The zero-order chi connectivity index (χ0) is 13.9. The van der Waals surface area contributed by atoms with Gasteiger partial charge < -0.3 is 4.42 Å². The van der Waals surface area contributed by atoms with Gasteiger partial charge in [0.1, 0.15) is 5.52 Å². The van der Waals surface area contributed by atoms with Crippen LogP contribution in [0.15, 0.2) is 53.3 Å². The predicted molar refractivity (Wildman–Crippen MR) is 77.8 cm³/mol. The molecule has 1 heterocycles. The quantitative estimate of drug-likeness (QED) is 0.671. The fourth-order valence-corrected chi connectivity index (χ4v) is 2.19. The molecule has 0 saturated heterocycles. The summed E-state index contributed by atoms with van der Waals surface area (Å²) in [6.07, 6.45) is 2.66. The molecule has 0 fully saturated rings. The Morgan fingerprint density at radius 3 is 2.75 bits per heavy atom. The lowest BCUT2D eigenvalue weighted by atomic mass is 10.0. The summed E-state index contributed by atoms with van der Waals surface area (Å²) in [6.45, 7) is 2.06. The summed E-state index contributed by atoms with van der Waals surface area (Å²) in [5.74, 6) is 0.135. The van der Waals surface area contributed by atoms with E-state index >= 15 is 0 Å². The van der Waals surface area contributed by atoms with Gasteiger partial charge in [-0.25, -0.2) is 4.98 Å².